The van der Waals surface area contributed by atoms with Crippen molar-refractivity contribution in [2.24, 2.45) is 0 Å². The summed E-state index contributed by atoms with van der Waals surface area (Å²) in [5.41, 5.74) is 8.07. The van der Waals surface area contributed by atoms with Crippen LogP contribution in [0.5, 0.6) is 0 Å². The Hall–Kier alpha value is -3.94. The highest BCUT2D eigenvalue weighted by molar-refractivity contribution is 6.05. The van der Waals surface area contributed by atoms with E-state index >= 15 is 0 Å². The molecule has 0 spiro atoms. The maximum Gasteiger partial charge on any atom is 0.407 e. The van der Waals surface area contributed by atoms with E-state index in [0.717, 1.165) is 5.56 Å². The van der Waals surface area contributed by atoms with E-state index < -0.39 is 6.09 Å². The molecule has 1 aromatic heterocycles. The van der Waals surface area contributed by atoms with E-state index in [0.29, 0.717) is 16.8 Å². The lowest BCUT2D eigenvalue weighted by molar-refractivity contribution is 0.102. The number of hydrogen-bond donors (Lipinski definition) is 3. The van der Waals surface area contributed by atoms with Crippen molar-refractivity contribution in [2.45, 2.75) is 13.2 Å². The minimum absolute atomic E-state index is 0.0443. The third-order valence-corrected chi connectivity index (χ3v) is 4.02. The number of alkyl carbamates (subject to hydrolysis) is 1. The van der Waals surface area contributed by atoms with Crippen molar-refractivity contribution >= 4 is 23.5 Å². The number of carbonyl (C=O) groups is 2. The number of anilines is 2. The molecule has 7 nitrogen and oxygen atoms in total. The van der Waals surface area contributed by atoms with Gasteiger partial charge in [-0.05, 0) is 47.5 Å². The number of aromatic nitrogens is 1. The van der Waals surface area contributed by atoms with Crippen LogP contribution in [-0.4, -0.2) is 17.0 Å². The molecule has 0 aliphatic heterocycles. The highest BCUT2D eigenvalue weighted by Gasteiger charge is 2.09. The number of hydrogen-bond acceptors (Lipinski definition) is 5. The SMILES string of the molecule is Nc1ncccc1NC(=O)c1ccc(CNC(=O)OCc2ccc(F)cc2)cc1. The lowest BCUT2D eigenvalue weighted by Crippen LogP contribution is -2.23. The molecule has 3 aromatic rings. The van der Waals surface area contributed by atoms with E-state index in [2.05, 4.69) is 15.6 Å². The number of ether oxygens (including phenoxy) is 1. The Morgan fingerprint density at radius 3 is 2.38 bits per heavy atom. The molecule has 29 heavy (non-hydrogen) atoms. The van der Waals surface area contributed by atoms with Crippen molar-refractivity contribution in [3.8, 4) is 0 Å². The Morgan fingerprint density at radius 2 is 1.69 bits per heavy atom. The number of nitrogens with one attached hydrogen (secondary N) is 2. The van der Waals surface area contributed by atoms with E-state index in [1.165, 1.54) is 18.3 Å². The second-order valence-corrected chi connectivity index (χ2v) is 6.14. The summed E-state index contributed by atoms with van der Waals surface area (Å²) in [4.78, 5) is 28.0. The summed E-state index contributed by atoms with van der Waals surface area (Å²) in [6, 6.07) is 15.8. The van der Waals surface area contributed by atoms with Crippen LogP contribution in [0.15, 0.2) is 66.9 Å². The zero-order valence-electron chi connectivity index (χ0n) is 15.4. The lowest BCUT2D eigenvalue weighted by atomic mass is 10.1. The first kappa shape index (κ1) is 19.8. The number of nitrogens with two attached hydrogens (primary N) is 1. The number of nitrogens with zero attached hydrogens (tertiary/aromatic N) is 1. The number of rotatable bonds is 6. The molecule has 0 saturated heterocycles. The minimum atomic E-state index is -0.594. The Balaban J connectivity index is 1.47. The van der Waals surface area contributed by atoms with Gasteiger partial charge < -0.3 is 21.1 Å². The maximum atomic E-state index is 12.8. The van der Waals surface area contributed by atoms with E-state index in [1.54, 1.807) is 48.5 Å². The van der Waals surface area contributed by atoms with Gasteiger partial charge in [0, 0.05) is 18.3 Å². The summed E-state index contributed by atoms with van der Waals surface area (Å²) < 4.78 is 17.9. The van der Waals surface area contributed by atoms with Crippen LogP contribution in [0.2, 0.25) is 0 Å². The van der Waals surface area contributed by atoms with Crippen LogP contribution in [0, 0.1) is 5.82 Å². The molecule has 4 N–H and O–H groups in total. The molecule has 0 saturated carbocycles. The van der Waals surface area contributed by atoms with E-state index in [9.17, 15) is 14.0 Å². The van der Waals surface area contributed by atoms with Gasteiger partial charge in [-0.25, -0.2) is 14.2 Å². The normalized spacial score (nSPS) is 10.2. The highest BCUT2D eigenvalue weighted by atomic mass is 19.1. The van der Waals surface area contributed by atoms with Crippen LogP contribution >= 0.6 is 0 Å². The summed E-state index contributed by atoms with van der Waals surface area (Å²) >= 11 is 0. The van der Waals surface area contributed by atoms with Crippen LogP contribution in [0.3, 0.4) is 0 Å². The first-order chi connectivity index (χ1) is 14.0. The Labute approximate surface area is 166 Å². The average Bonchev–Trinajstić information content (AvgIpc) is 2.74. The minimum Gasteiger partial charge on any atom is -0.445 e. The molecular formula is C21H19FN4O3. The van der Waals surface area contributed by atoms with Gasteiger partial charge in [0.05, 0.1) is 5.69 Å². The number of carbonyl (C=O) groups excluding carboxylic acids is 2. The molecule has 0 unspecified atom stereocenters. The first-order valence-electron chi connectivity index (χ1n) is 8.77. The summed E-state index contributed by atoms with van der Waals surface area (Å²) in [6.45, 7) is 0.280. The van der Waals surface area contributed by atoms with Crippen LogP contribution in [0.4, 0.5) is 20.7 Å². The standard InChI is InChI=1S/C21H19FN4O3/c22-17-9-5-15(6-10-17)13-29-21(28)25-12-14-3-7-16(8-4-14)20(27)26-18-2-1-11-24-19(18)23/h1-11H,12-13H2,(H2,23,24)(H,25,28)(H,26,27). The molecule has 0 fully saturated rings. The van der Waals surface area contributed by atoms with Gasteiger partial charge in [-0.3, -0.25) is 4.79 Å². The molecule has 0 aliphatic carbocycles. The number of halogens is 1. The molecule has 0 radical (unpaired) electrons. The van der Waals surface area contributed by atoms with Crippen molar-refractivity contribution in [1.29, 1.82) is 0 Å². The van der Waals surface area contributed by atoms with Crippen LogP contribution in [0.25, 0.3) is 0 Å². The van der Waals surface area contributed by atoms with Crippen molar-refractivity contribution in [3.63, 3.8) is 0 Å². The molecule has 0 aliphatic rings. The average molecular weight is 394 g/mol. The predicted octanol–water partition coefficient (Wildman–Crippen LogP) is 3.48. The summed E-state index contributed by atoms with van der Waals surface area (Å²) in [6.07, 6.45) is 0.945. The molecule has 2 aromatic carbocycles. The smallest absolute Gasteiger partial charge is 0.407 e. The molecule has 148 valence electrons. The van der Waals surface area contributed by atoms with Gasteiger partial charge in [-0.2, -0.15) is 0 Å². The fraction of sp³-hybridized carbons (Fsp3) is 0.0952. The van der Waals surface area contributed by atoms with Gasteiger partial charge in [0.25, 0.3) is 5.91 Å². The van der Waals surface area contributed by atoms with Crippen molar-refractivity contribution in [2.75, 3.05) is 11.1 Å². The van der Waals surface area contributed by atoms with Crippen molar-refractivity contribution in [1.82, 2.24) is 10.3 Å². The zero-order chi connectivity index (χ0) is 20.6. The van der Waals surface area contributed by atoms with Gasteiger partial charge in [0.1, 0.15) is 18.2 Å². The van der Waals surface area contributed by atoms with Gasteiger partial charge in [-0.15, -0.1) is 0 Å². The fourth-order valence-electron chi connectivity index (χ4n) is 2.45. The molecule has 8 heteroatoms. The van der Waals surface area contributed by atoms with E-state index in [4.69, 9.17) is 10.5 Å². The molecule has 0 bridgehead atoms. The second-order valence-electron chi connectivity index (χ2n) is 6.14. The van der Waals surface area contributed by atoms with Crippen LogP contribution in [0.1, 0.15) is 21.5 Å². The molecule has 0 atom stereocenters. The van der Waals surface area contributed by atoms with Crippen molar-refractivity contribution in [3.05, 3.63) is 89.4 Å². The topological polar surface area (TPSA) is 106 Å². The quantitative estimate of drug-likeness (QED) is 0.593. The Kier molecular flexibility index (Phi) is 6.36. The molecular weight excluding hydrogens is 375 g/mol. The maximum absolute atomic E-state index is 12.8. The number of amides is 2. The van der Waals surface area contributed by atoms with Gasteiger partial charge in [-0.1, -0.05) is 24.3 Å². The Bertz CT molecular complexity index is 992. The van der Waals surface area contributed by atoms with Gasteiger partial charge in [0.15, 0.2) is 0 Å². The summed E-state index contributed by atoms with van der Waals surface area (Å²) in [7, 11) is 0. The van der Waals surface area contributed by atoms with Crippen molar-refractivity contribution < 1.29 is 18.7 Å². The molecule has 3 rings (SSSR count). The number of benzene rings is 2. The first-order valence-corrected chi connectivity index (χ1v) is 8.77. The van der Waals surface area contributed by atoms with Crippen LogP contribution in [-0.2, 0) is 17.9 Å². The Morgan fingerprint density at radius 1 is 1.00 bits per heavy atom. The summed E-state index contributed by atoms with van der Waals surface area (Å²) in [5.74, 6) is -0.428. The van der Waals surface area contributed by atoms with Gasteiger partial charge in [0.2, 0.25) is 0 Å². The largest absolute Gasteiger partial charge is 0.445 e. The number of nitrogen functional groups attached to an aromatic ring is 1. The predicted molar refractivity (Wildman–Crippen MR) is 106 cm³/mol. The molecule has 2 amide bonds. The fourth-order valence-corrected chi connectivity index (χ4v) is 2.45. The highest BCUT2D eigenvalue weighted by Crippen LogP contribution is 2.15. The molecule has 1 heterocycles. The van der Waals surface area contributed by atoms with Crippen LogP contribution < -0.4 is 16.4 Å². The van der Waals surface area contributed by atoms with E-state index in [-0.39, 0.29) is 30.7 Å². The second kappa shape index (κ2) is 9.32. The lowest BCUT2D eigenvalue weighted by Gasteiger charge is -2.09. The van der Waals surface area contributed by atoms with Gasteiger partial charge >= 0.3 is 6.09 Å². The summed E-state index contributed by atoms with van der Waals surface area (Å²) in [5, 5.41) is 5.31. The monoisotopic (exact) mass is 394 g/mol. The van der Waals surface area contributed by atoms with E-state index in [1.807, 2.05) is 0 Å². The zero-order valence-corrected chi connectivity index (χ0v) is 15.4. The third kappa shape index (κ3) is 5.77. The third-order valence-electron chi connectivity index (χ3n) is 4.02. The number of pyridine rings is 1.